The van der Waals surface area contributed by atoms with E-state index in [2.05, 4.69) is 5.32 Å². The average Bonchev–Trinajstić information content (AvgIpc) is 2.86. The maximum atomic E-state index is 12.9. The fraction of sp³-hybridized carbons (Fsp3) is 0.353. The number of hydrogen-bond donors (Lipinski definition) is 2. The molecule has 22 heavy (non-hydrogen) atoms. The Morgan fingerprint density at radius 1 is 1.36 bits per heavy atom. The Hall–Kier alpha value is -2.14. The second-order valence-electron chi connectivity index (χ2n) is 5.53. The van der Waals surface area contributed by atoms with E-state index >= 15 is 0 Å². The monoisotopic (exact) mass is 305 g/mol. The number of carbonyl (C=O) groups excluding carboxylic acids is 1. The Kier molecular flexibility index (Phi) is 4.66. The molecule has 0 fully saturated rings. The Balaban J connectivity index is 2.04. The number of furan rings is 1. The van der Waals surface area contributed by atoms with E-state index in [1.807, 2.05) is 13.8 Å². The Labute approximate surface area is 129 Å². The minimum atomic E-state index is -1.29. The number of amides is 1. The van der Waals surface area contributed by atoms with Crippen LogP contribution in [0, 0.1) is 12.7 Å². The van der Waals surface area contributed by atoms with Gasteiger partial charge in [-0.1, -0.05) is 19.1 Å². The van der Waals surface area contributed by atoms with Crippen LogP contribution in [0.1, 0.15) is 41.3 Å². The summed E-state index contributed by atoms with van der Waals surface area (Å²) in [7, 11) is 0. The van der Waals surface area contributed by atoms with Crippen molar-refractivity contribution in [1.29, 1.82) is 0 Å². The number of carbonyl (C=O) groups is 1. The van der Waals surface area contributed by atoms with E-state index in [1.165, 1.54) is 24.3 Å². The van der Waals surface area contributed by atoms with Gasteiger partial charge in [0.15, 0.2) is 5.76 Å². The summed E-state index contributed by atoms with van der Waals surface area (Å²) >= 11 is 0. The normalized spacial score (nSPS) is 13.7. The molecule has 5 heteroatoms. The van der Waals surface area contributed by atoms with Gasteiger partial charge in [-0.25, -0.2) is 4.39 Å². The van der Waals surface area contributed by atoms with E-state index in [9.17, 15) is 14.3 Å². The second-order valence-corrected chi connectivity index (χ2v) is 5.53. The first kappa shape index (κ1) is 16.2. The topological polar surface area (TPSA) is 62.5 Å². The van der Waals surface area contributed by atoms with Crippen LogP contribution in [0.15, 0.2) is 34.7 Å². The minimum Gasteiger partial charge on any atom is -0.456 e. The quantitative estimate of drug-likeness (QED) is 0.893. The molecule has 0 saturated carbocycles. The molecular weight excluding hydrogens is 285 g/mol. The third kappa shape index (κ3) is 3.54. The van der Waals surface area contributed by atoms with Gasteiger partial charge in [0.1, 0.15) is 17.2 Å². The molecule has 2 N–H and O–H groups in total. The maximum Gasteiger partial charge on any atom is 0.287 e. The largest absolute Gasteiger partial charge is 0.456 e. The predicted molar refractivity (Wildman–Crippen MR) is 81.1 cm³/mol. The first-order chi connectivity index (χ1) is 10.3. The summed E-state index contributed by atoms with van der Waals surface area (Å²) in [6.07, 6.45) is 0.715. The lowest BCUT2D eigenvalue weighted by molar-refractivity contribution is 0.0518. The van der Waals surface area contributed by atoms with Crippen LogP contribution in [0.4, 0.5) is 4.39 Å². The van der Waals surface area contributed by atoms with E-state index in [0.717, 1.165) is 11.3 Å². The van der Waals surface area contributed by atoms with Crippen molar-refractivity contribution >= 4 is 5.91 Å². The lowest BCUT2D eigenvalue weighted by Crippen LogP contribution is -2.38. The van der Waals surface area contributed by atoms with Gasteiger partial charge in [-0.3, -0.25) is 4.79 Å². The number of benzene rings is 1. The highest BCUT2D eigenvalue weighted by molar-refractivity contribution is 5.91. The van der Waals surface area contributed by atoms with Gasteiger partial charge in [0.25, 0.3) is 5.91 Å². The van der Waals surface area contributed by atoms with Crippen molar-refractivity contribution in [1.82, 2.24) is 5.32 Å². The highest BCUT2D eigenvalue weighted by atomic mass is 19.1. The highest BCUT2D eigenvalue weighted by Crippen LogP contribution is 2.20. The van der Waals surface area contributed by atoms with Gasteiger partial charge in [-0.2, -0.15) is 0 Å². The number of rotatable bonds is 5. The molecule has 1 heterocycles. The van der Waals surface area contributed by atoms with E-state index < -0.39 is 5.60 Å². The first-order valence-electron chi connectivity index (χ1n) is 7.19. The molecular formula is C17H20FNO3. The zero-order valence-corrected chi connectivity index (χ0v) is 12.9. The van der Waals surface area contributed by atoms with Gasteiger partial charge >= 0.3 is 0 Å². The fourth-order valence-electron chi connectivity index (χ4n) is 2.23. The van der Waals surface area contributed by atoms with Crippen LogP contribution in [-0.4, -0.2) is 17.6 Å². The van der Waals surface area contributed by atoms with Crippen molar-refractivity contribution in [3.63, 3.8) is 0 Å². The smallest absolute Gasteiger partial charge is 0.287 e. The van der Waals surface area contributed by atoms with Crippen molar-refractivity contribution < 1.29 is 18.7 Å². The summed E-state index contributed by atoms with van der Waals surface area (Å²) in [5.74, 6) is 0.242. The number of nitrogens with one attached hydrogen (secondary N) is 1. The molecule has 2 rings (SSSR count). The van der Waals surface area contributed by atoms with Gasteiger partial charge in [0, 0.05) is 6.42 Å². The van der Waals surface area contributed by atoms with Crippen LogP contribution in [0.2, 0.25) is 0 Å². The molecule has 0 aliphatic rings. The number of aliphatic hydroxyl groups is 1. The van der Waals surface area contributed by atoms with Gasteiger partial charge in [0.05, 0.1) is 6.54 Å². The van der Waals surface area contributed by atoms with Crippen LogP contribution in [0.5, 0.6) is 0 Å². The Morgan fingerprint density at radius 2 is 2.00 bits per heavy atom. The van der Waals surface area contributed by atoms with E-state index in [4.69, 9.17) is 4.42 Å². The molecule has 0 radical (unpaired) electrons. The molecule has 1 aromatic heterocycles. The molecule has 1 aromatic carbocycles. The van der Waals surface area contributed by atoms with Crippen molar-refractivity contribution in [2.75, 3.05) is 6.54 Å². The number of hydrogen-bond acceptors (Lipinski definition) is 3. The van der Waals surface area contributed by atoms with Crippen molar-refractivity contribution in [3.05, 3.63) is 58.8 Å². The van der Waals surface area contributed by atoms with Crippen molar-refractivity contribution in [2.45, 2.75) is 32.8 Å². The fourth-order valence-corrected chi connectivity index (χ4v) is 2.23. The second kappa shape index (κ2) is 6.32. The maximum absolute atomic E-state index is 12.9. The number of aryl methyl sites for hydroxylation is 2. The molecule has 4 nitrogen and oxygen atoms in total. The summed E-state index contributed by atoms with van der Waals surface area (Å²) in [6.45, 7) is 5.39. The van der Waals surface area contributed by atoms with E-state index in [1.54, 1.807) is 13.0 Å². The molecule has 0 saturated heterocycles. The molecule has 0 spiro atoms. The van der Waals surface area contributed by atoms with Crippen LogP contribution < -0.4 is 5.32 Å². The summed E-state index contributed by atoms with van der Waals surface area (Å²) in [5, 5.41) is 13.1. The SMILES string of the molecule is CCc1oc(C(=O)NCC(C)(O)c2ccc(F)cc2)cc1C. The minimum absolute atomic E-state index is 0.00132. The van der Waals surface area contributed by atoms with Gasteiger partial charge < -0.3 is 14.8 Å². The van der Waals surface area contributed by atoms with E-state index in [0.29, 0.717) is 12.0 Å². The van der Waals surface area contributed by atoms with Crippen LogP contribution in [0.25, 0.3) is 0 Å². The summed E-state index contributed by atoms with van der Waals surface area (Å²) in [5.41, 5.74) is 0.163. The molecule has 118 valence electrons. The average molecular weight is 305 g/mol. The first-order valence-corrected chi connectivity index (χ1v) is 7.19. The third-order valence-electron chi connectivity index (χ3n) is 3.62. The summed E-state index contributed by atoms with van der Waals surface area (Å²) in [6, 6.07) is 7.21. The molecule has 0 aliphatic heterocycles. The number of halogens is 1. The molecule has 0 aliphatic carbocycles. The van der Waals surface area contributed by atoms with Crippen molar-refractivity contribution in [3.8, 4) is 0 Å². The summed E-state index contributed by atoms with van der Waals surface area (Å²) in [4.78, 5) is 12.1. The zero-order valence-electron chi connectivity index (χ0n) is 12.9. The standard InChI is InChI=1S/C17H20FNO3/c1-4-14-11(2)9-15(22-14)16(20)19-10-17(3,21)12-5-7-13(18)8-6-12/h5-9,21H,4,10H2,1-3H3,(H,19,20). The van der Waals surface area contributed by atoms with Crippen LogP contribution in [-0.2, 0) is 12.0 Å². The Bertz CT molecular complexity index is 659. The van der Waals surface area contributed by atoms with Gasteiger partial charge in [-0.05, 0) is 43.2 Å². The molecule has 1 atom stereocenters. The Morgan fingerprint density at radius 3 is 2.55 bits per heavy atom. The highest BCUT2D eigenvalue weighted by Gasteiger charge is 2.25. The molecule has 2 aromatic rings. The molecule has 1 unspecified atom stereocenters. The summed E-state index contributed by atoms with van der Waals surface area (Å²) < 4.78 is 18.4. The van der Waals surface area contributed by atoms with E-state index in [-0.39, 0.29) is 24.0 Å². The van der Waals surface area contributed by atoms with Crippen LogP contribution >= 0.6 is 0 Å². The zero-order chi connectivity index (χ0) is 16.3. The van der Waals surface area contributed by atoms with Crippen LogP contribution in [0.3, 0.4) is 0 Å². The van der Waals surface area contributed by atoms with Gasteiger partial charge in [-0.15, -0.1) is 0 Å². The lowest BCUT2D eigenvalue weighted by atomic mass is 9.96. The molecule has 0 bridgehead atoms. The molecule has 1 amide bonds. The lowest BCUT2D eigenvalue weighted by Gasteiger charge is -2.24. The third-order valence-corrected chi connectivity index (χ3v) is 3.62. The van der Waals surface area contributed by atoms with Crippen molar-refractivity contribution in [2.24, 2.45) is 0 Å². The van der Waals surface area contributed by atoms with Gasteiger partial charge in [0.2, 0.25) is 0 Å². The predicted octanol–water partition coefficient (Wildman–Crippen LogP) is 2.93.